The predicted octanol–water partition coefficient (Wildman–Crippen LogP) is 1.84. The minimum Gasteiger partial charge on any atom is -0.480 e. The summed E-state index contributed by atoms with van der Waals surface area (Å²) in [6.45, 7) is 1.66. The standard InChI is InChI=1S/C15H14F2N4O4S/c1-2-9(14(24)25)26-15-20-11(18)10(13(23)21-15)19-12(22)6-3-4-7(16)8(17)5-6/h3-5,9H,2H2,1H3,(H,19,22)(H,24,25)(H3,18,20,21,23)/t9-/m0/s1. The number of aromatic amines is 1. The van der Waals surface area contributed by atoms with E-state index >= 15 is 0 Å². The monoisotopic (exact) mass is 384 g/mol. The molecule has 0 fully saturated rings. The summed E-state index contributed by atoms with van der Waals surface area (Å²) < 4.78 is 26.1. The molecule has 5 N–H and O–H groups in total. The van der Waals surface area contributed by atoms with Crippen LogP contribution in [0.3, 0.4) is 0 Å². The zero-order valence-electron chi connectivity index (χ0n) is 13.4. The molecule has 0 saturated heterocycles. The summed E-state index contributed by atoms with van der Waals surface area (Å²) in [6.07, 6.45) is 0.290. The fraction of sp³-hybridized carbons (Fsp3) is 0.200. The Balaban J connectivity index is 2.25. The van der Waals surface area contributed by atoms with E-state index in [1.54, 1.807) is 6.92 Å². The number of rotatable bonds is 6. The molecule has 1 amide bonds. The van der Waals surface area contributed by atoms with Crippen LogP contribution in [0.1, 0.15) is 23.7 Å². The number of thioether (sulfide) groups is 1. The van der Waals surface area contributed by atoms with Crippen molar-refractivity contribution >= 4 is 35.1 Å². The van der Waals surface area contributed by atoms with Crippen LogP contribution in [-0.4, -0.2) is 32.2 Å². The number of carbonyl (C=O) groups is 2. The van der Waals surface area contributed by atoms with Gasteiger partial charge in [-0.25, -0.2) is 13.8 Å². The number of H-pyrrole nitrogens is 1. The van der Waals surface area contributed by atoms with E-state index in [0.717, 1.165) is 23.9 Å². The Morgan fingerprint density at radius 1 is 1.38 bits per heavy atom. The number of carboxylic acids is 1. The van der Waals surface area contributed by atoms with Gasteiger partial charge in [0.15, 0.2) is 22.6 Å². The first-order chi connectivity index (χ1) is 12.2. The molecule has 0 radical (unpaired) electrons. The average molecular weight is 384 g/mol. The van der Waals surface area contributed by atoms with Crippen LogP contribution in [0.25, 0.3) is 0 Å². The van der Waals surface area contributed by atoms with E-state index in [1.165, 1.54) is 0 Å². The molecular weight excluding hydrogens is 370 g/mol. The van der Waals surface area contributed by atoms with Crippen LogP contribution in [0.15, 0.2) is 28.2 Å². The van der Waals surface area contributed by atoms with Crippen molar-refractivity contribution in [1.82, 2.24) is 9.97 Å². The molecule has 0 unspecified atom stereocenters. The Labute approximate surface area is 149 Å². The first kappa shape index (κ1) is 19.4. The van der Waals surface area contributed by atoms with E-state index < -0.39 is 34.3 Å². The van der Waals surface area contributed by atoms with E-state index in [2.05, 4.69) is 15.3 Å². The number of hydrogen-bond donors (Lipinski definition) is 4. The van der Waals surface area contributed by atoms with Crippen LogP contribution in [0, 0.1) is 11.6 Å². The highest BCUT2D eigenvalue weighted by molar-refractivity contribution is 8.00. The van der Waals surface area contributed by atoms with Crippen LogP contribution in [0.4, 0.5) is 20.3 Å². The molecule has 1 atom stereocenters. The van der Waals surface area contributed by atoms with Crippen LogP contribution < -0.4 is 16.6 Å². The second kappa shape index (κ2) is 7.95. The molecule has 11 heteroatoms. The van der Waals surface area contributed by atoms with Crippen molar-refractivity contribution in [2.45, 2.75) is 23.8 Å². The molecule has 1 heterocycles. The lowest BCUT2D eigenvalue weighted by Gasteiger charge is -2.11. The highest BCUT2D eigenvalue weighted by Crippen LogP contribution is 2.23. The first-order valence-corrected chi connectivity index (χ1v) is 8.16. The molecule has 0 aliphatic carbocycles. The zero-order chi connectivity index (χ0) is 19.4. The topological polar surface area (TPSA) is 138 Å². The molecule has 0 aliphatic heterocycles. The summed E-state index contributed by atoms with van der Waals surface area (Å²) in [5, 5.41) is 10.3. The Hall–Kier alpha value is -2.95. The van der Waals surface area contributed by atoms with Gasteiger partial charge in [0.25, 0.3) is 11.5 Å². The minimum absolute atomic E-state index is 0.0208. The maximum Gasteiger partial charge on any atom is 0.317 e. The number of amides is 1. The second-order valence-electron chi connectivity index (χ2n) is 5.07. The predicted molar refractivity (Wildman–Crippen MR) is 91.2 cm³/mol. The fourth-order valence-electron chi connectivity index (χ4n) is 1.91. The zero-order valence-corrected chi connectivity index (χ0v) is 14.2. The van der Waals surface area contributed by atoms with Crippen LogP contribution in [0.5, 0.6) is 0 Å². The number of anilines is 2. The third-order valence-electron chi connectivity index (χ3n) is 3.25. The number of carboxylic acid groups (broad SMARTS) is 1. The molecule has 8 nitrogen and oxygen atoms in total. The van der Waals surface area contributed by atoms with Crippen molar-refractivity contribution in [3.8, 4) is 0 Å². The Morgan fingerprint density at radius 2 is 2.08 bits per heavy atom. The molecule has 1 aromatic carbocycles. The van der Waals surface area contributed by atoms with Gasteiger partial charge in [-0.15, -0.1) is 0 Å². The molecule has 26 heavy (non-hydrogen) atoms. The maximum absolute atomic E-state index is 13.2. The highest BCUT2D eigenvalue weighted by atomic mass is 32.2. The second-order valence-corrected chi connectivity index (χ2v) is 6.26. The van der Waals surface area contributed by atoms with Crippen molar-refractivity contribution in [2.75, 3.05) is 11.1 Å². The number of aromatic nitrogens is 2. The number of benzene rings is 1. The number of nitrogens with one attached hydrogen (secondary N) is 2. The molecule has 2 rings (SSSR count). The van der Waals surface area contributed by atoms with Gasteiger partial charge in [0.2, 0.25) is 0 Å². The van der Waals surface area contributed by atoms with Crippen molar-refractivity contribution in [3.05, 3.63) is 45.8 Å². The van der Waals surface area contributed by atoms with Crippen molar-refractivity contribution < 1.29 is 23.5 Å². The van der Waals surface area contributed by atoms with Gasteiger partial charge in [-0.05, 0) is 24.6 Å². The van der Waals surface area contributed by atoms with Gasteiger partial charge < -0.3 is 16.2 Å². The SMILES string of the molecule is CC[C@H](Sc1nc(N)c(NC(=O)c2ccc(F)c(F)c2)c(=O)[nH]1)C(=O)O. The lowest BCUT2D eigenvalue weighted by molar-refractivity contribution is -0.136. The summed E-state index contributed by atoms with van der Waals surface area (Å²) in [5.41, 5.74) is 4.24. The van der Waals surface area contributed by atoms with Crippen molar-refractivity contribution in [1.29, 1.82) is 0 Å². The summed E-state index contributed by atoms with van der Waals surface area (Å²) in [6, 6.07) is 2.48. The van der Waals surface area contributed by atoms with E-state index in [9.17, 15) is 23.2 Å². The third-order valence-corrected chi connectivity index (χ3v) is 4.48. The van der Waals surface area contributed by atoms with E-state index in [1.807, 2.05) is 0 Å². The molecule has 0 aliphatic rings. The van der Waals surface area contributed by atoms with Gasteiger partial charge in [-0.3, -0.25) is 19.4 Å². The van der Waals surface area contributed by atoms with Crippen LogP contribution >= 0.6 is 11.8 Å². The number of hydrogen-bond acceptors (Lipinski definition) is 6. The van der Waals surface area contributed by atoms with Gasteiger partial charge in [0, 0.05) is 5.56 Å². The Morgan fingerprint density at radius 3 is 2.62 bits per heavy atom. The normalized spacial score (nSPS) is 11.8. The van der Waals surface area contributed by atoms with Crippen molar-refractivity contribution in [3.63, 3.8) is 0 Å². The third kappa shape index (κ3) is 4.36. The lowest BCUT2D eigenvalue weighted by atomic mass is 10.2. The number of halogens is 2. The number of nitrogens with two attached hydrogens (primary N) is 1. The Bertz CT molecular complexity index is 919. The van der Waals surface area contributed by atoms with Gasteiger partial charge in [0.05, 0.1) is 0 Å². The lowest BCUT2D eigenvalue weighted by Crippen LogP contribution is -2.24. The summed E-state index contributed by atoms with van der Waals surface area (Å²) in [7, 11) is 0. The van der Waals surface area contributed by atoms with E-state index in [4.69, 9.17) is 10.8 Å². The molecule has 0 bridgehead atoms. The largest absolute Gasteiger partial charge is 0.480 e. The van der Waals surface area contributed by atoms with Crippen LogP contribution in [0.2, 0.25) is 0 Å². The summed E-state index contributed by atoms with van der Waals surface area (Å²) in [5.74, 6) is -4.64. The van der Waals surface area contributed by atoms with Gasteiger partial charge in [0.1, 0.15) is 10.9 Å². The van der Waals surface area contributed by atoms with Gasteiger partial charge >= 0.3 is 5.97 Å². The van der Waals surface area contributed by atoms with Gasteiger partial charge in [-0.2, -0.15) is 0 Å². The molecule has 1 aromatic heterocycles. The van der Waals surface area contributed by atoms with E-state index in [-0.39, 0.29) is 28.6 Å². The molecule has 2 aromatic rings. The Kier molecular flexibility index (Phi) is 5.93. The number of nitrogen functional groups attached to an aromatic ring is 1. The van der Waals surface area contributed by atoms with E-state index in [0.29, 0.717) is 6.07 Å². The van der Waals surface area contributed by atoms with Crippen molar-refractivity contribution in [2.24, 2.45) is 0 Å². The fourth-order valence-corrected chi connectivity index (χ4v) is 2.75. The van der Waals surface area contributed by atoms with Gasteiger partial charge in [-0.1, -0.05) is 18.7 Å². The smallest absolute Gasteiger partial charge is 0.317 e. The minimum atomic E-state index is -1.22. The molecule has 138 valence electrons. The molecule has 0 spiro atoms. The van der Waals surface area contributed by atoms with Crippen LogP contribution in [-0.2, 0) is 4.79 Å². The molecular formula is C15H14F2N4O4S. The summed E-state index contributed by atoms with van der Waals surface area (Å²) >= 11 is 0.803. The molecule has 0 saturated carbocycles. The average Bonchev–Trinajstić information content (AvgIpc) is 2.57. The number of aliphatic carboxylic acids is 1. The quantitative estimate of drug-likeness (QED) is 0.440. The highest BCUT2D eigenvalue weighted by Gasteiger charge is 2.20. The number of carbonyl (C=O) groups excluding carboxylic acids is 1. The maximum atomic E-state index is 13.2. The first-order valence-electron chi connectivity index (χ1n) is 7.28. The summed E-state index contributed by atoms with van der Waals surface area (Å²) in [4.78, 5) is 41.4. The number of nitrogens with zero attached hydrogens (tertiary/aromatic N) is 1.